The van der Waals surface area contributed by atoms with E-state index in [1.165, 1.54) is 30.4 Å². The van der Waals surface area contributed by atoms with Crippen LogP contribution in [0.1, 0.15) is 38.5 Å². The van der Waals surface area contributed by atoms with Crippen LogP contribution in [0.15, 0.2) is 35.5 Å². The molecule has 4 bridgehead atoms. The van der Waals surface area contributed by atoms with Crippen LogP contribution in [0, 0.1) is 17.3 Å². The molecular weight excluding hydrogens is 316 g/mol. The van der Waals surface area contributed by atoms with E-state index in [9.17, 15) is 9.59 Å². The van der Waals surface area contributed by atoms with E-state index < -0.39 is 6.10 Å². The molecule has 2 aliphatic carbocycles. The topological polar surface area (TPSA) is 52.6 Å². The summed E-state index contributed by atoms with van der Waals surface area (Å²) in [5.74, 6) is 0.616. The third kappa shape index (κ3) is 1.70. The minimum absolute atomic E-state index is 0.0156. The first-order valence-corrected chi connectivity index (χ1v) is 9.67. The lowest BCUT2D eigenvalue weighted by Gasteiger charge is -2.51. The summed E-state index contributed by atoms with van der Waals surface area (Å²) in [4.78, 5) is 25.0. The van der Waals surface area contributed by atoms with E-state index in [1.807, 2.05) is 12.2 Å². The van der Waals surface area contributed by atoms with E-state index in [-0.39, 0.29) is 41.2 Å². The third-order valence-corrected chi connectivity index (χ3v) is 7.50. The Balaban J connectivity index is 1.54. The van der Waals surface area contributed by atoms with Gasteiger partial charge in [0.25, 0.3) is 0 Å². The van der Waals surface area contributed by atoms with Crippen LogP contribution < -0.4 is 0 Å². The second-order valence-electron chi connectivity index (χ2n) is 8.53. The number of ketones is 2. The fraction of sp³-hybridized carbons (Fsp3) is 0.619. The molecular formula is C21H22O4. The summed E-state index contributed by atoms with van der Waals surface area (Å²) in [7, 11) is 0. The molecule has 2 fully saturated rings. The molecule has 25 heavy (non-hydrogen) atoms. The van der Waals surface area contributed by atoms with Crippen molar-refractivity contribution in [1.29, 1.82) is 0 Å². The van der Waals surface area contributed by atoms with Crippen LogP contribution in [-0.2, 0) is 19.1 Å². The highest BCUT2D eigenvalue weighted by atomic mass is 16.5. The average molecular weight is 338 g/mol. The molecule has 0 N–H and O–H groups in total. The molecule has 0 aromatic carbocycles. The van der Waals surface area contributed by atoms with Crippen molar-refractivity contribution in [2.24, 2.45) is 17.3 Å². The molecule has 1 saturated carbocycles. The Morgan fingerprint density at radius 2 is 1.76 bits per heavy atom. The zero-order valence-electron chi connectivity index (χ0n) is 14.1. The van der Waals surface area contributed by atoms with Gasteiger partial charge in [-0.2, -0.15) is 0 Å². The fourth-order valence-corrected chi connectivity index (χ4v) is 6.57. The van der Waals surface area contributed by atoms with Crippen LogP contribution >= 0.6 is 0 Å². The Morgan fingerprint density at radius 3 is 2.60 bits per heavy atom. The summed E-state index contributed by atoms with van der Waals surface area (Å²) in [5.41, 5.74) is 2.56. The number of fused-ring (bicyclic) bond motifs is 11. The zero-order chi connectivity index (χ0) is 16.8. The van der Waals surface area contributed by atoms with Crippen molar-refractivity contribution in [2.45, 2.75) is 62.9 Å². The smallest absolute Gasteiger partial charge is 0.188 e. The molecule has 4 heteroatoms. The predicted molar refractivity (Wildman–Crippen MR) is 89.8 cm³/mol. The first kappa shape index (κ1) is 14.6. The number of carbonyl (C=O) groups excluding carboxylic acids is 2. The first-order valence-electron chi connectivity index (χ1n) is 9.67. The van der Waals surface area contributed by atoms with Crippen molar-refractivity contribution in [1.82, 2.24) is 0 Å². The van der Waals surface area contributed by atoms with Gasteiger partial charge in [0, 0.05) is 17.3 Å². The van der Waals surface area contributed by atoms with E-state index >= 15 is 0 Å². The molecule has 130 valence electrons. The normalized spacial score (nSPS) is 45.9. The van der Waals surface area contributed by atoms with Crippen LogP contribution in [0.4, 0.5) is 0 Å². The van der Waals surface area contributed by atoms with Gasteiger partial charge in [0.05, 0.1) is 12.2 Å². The molecule has 4 heterocycles. The molecule has 6 rings (SSSR count). The summed E-state index contributed by atoms with van der Waals surface area (Å²) < 4.78 is 12.4. The van der Waals surface area contributed by atoms with E-state index in [1.54, 1.807) is 12.2 Å². The lowest BCUT2D eigenvalue weighted by atomic mass is 9.59. The molecule has 4 nitrogen and oxygen atoms in total. The van der Waals surface area contributed by atoms with Gasteiger partial charge >= 0.3 is 0 Å². The van der Waals surface area contributed by atoms with Gasteiger partial charge in [-0.05, 0) is 37.0 Å². The minimum Gasteiger partial charge on any atom is -0.362 e. The highest BCUT2D eigenvalue weighted by molar-refractivity contribution is 5.98. The van der Waals surface area contributed by atoms with Crippen LogP contribution in [0.2, 0.25) is 0 Å². The average Bonchev–Trinajstić information content (AvgIpc) is 3.16. The Bertz CT molecular complexity index is 767. The molecule has 0 aromatic rings. The van der Waals surface area contributed by atoms with Gasteiger partial charge in [0.15, 0.2) is 11.6 Å². The highest BCUT2D eigenvalue weighted by Crippen LogP contribution is 2.63. The molecule has 0 aromatic heterocycles. The van der Waals surface area contributed by atoms with Crippen LogP contribution in [0.3, 0.4) is 0 Å². The highest BCUT2D eigenvalue weighted by Gasteiger charge is 2.63. The Hall–Kier alpha value is -1.52. The summed E-state index contributed by atoms with van der Waals surface area (Å²) in [6, 6.07) is 0. The standard InChI is InChI=1S/C21H22O4/c22-13-5-7-16-21(8-2-1-3-9-21)18-12(19(13)25-16)10-11-15-6-4-14(23)20(24-15)17(11)18/h4-7,11,15-17,19-20H,1-3,8-10H2/t11?,15-,16-,17?,19-,20+/m0/s1. The quantitative estimate of drug-likeness (QED) is 0.637. The van der Waals surface area contributed by atoms with E-state index in [0.29, 0.717) is 5.92 Å². The predicted octanol–water partition coefficient (Wildman–Crippen LogP) is 2.68. The van der Waals surface area contributed by atoms with Crippen molar-refractivity contribution in [3.8, 4) is 0 Å². The summed E-state index contributed by atoms with van der Waals surface area (Å²) >= 11 is 0. The van der Waals surface area contributed by atoms with Crippen molar-refractivity contribution in [2.75, 3.05) is 0 Å². The number of rotatable bonds is 0. The summed E-state index contributed by atoms with van der Waals surface area (Å²) in [5, 5.41) is 0. The maximum atomic E-state index is 12.5. The van der Waals surface area contributed by atoms with Gasteiger partial charge < -0.3 is 9.47 Å². The van der Waals surface area contributed by atoms with Crippen molar-refractivity contribution in [3.63, 3.8) is 0 Å². The SMILES string of the molecule is O=C1C=C[C@@H]2O[C@H]1C1=C(C3C(C1)[C@@H]1C=CC(=O)[C@H]3O1)C21CCCCC1. The van der Waals surface area contributed by atoms with Crippen molar-refractivity contribution in [3.05, 3.63) is 35.5 Å². The monoisotopic (exact) mass is 338 g/mol. The molecule has 0 amide bonds. The maximum absolute atomic E-state index is 12.5. The third-order valence-electron chi connectivity index (χ3n) is 7.50. The molecule has 6 aliphatic rings. The molecule has 0 radical (unpaired) electrons. The second-order valence-corrected chi connectivity index (χ2v) is 8.53. The van der Waals surface area contributed by atoms with E-state index in [4.69, 9.17) is 9.47 Å². The van der Waals surface area contributed by atoms with Crippen LogP contribution in [-0.4, -0.2) is 36.0 Å². The largest absolute Gasteiger partial charge is 0.362 e. The Kier molecular flexibility index (Phi) is 2.81. The number of ether oxygens (including phenoxy) is 2. The zero-order valence-corrected chi connectivity index (χ0v) is 14.1. The van der Waals surface area contributed by atoms with Crippen molar-refractivity contribution >= 4 is 11.6 Å². The molecule has 2 unspecified atom stereocenters. The van der Waals surface area contributed by atoms with Crippen LogP contribution in [0.5, 0.6) is 0 Å². The first-order chi connectivity index (χ1) is 12.2. The number of carbonyl (C=O) groups is 2. The lowest BCUT2D eigenvalue weighted by Crippen LogP contribution is -2.52. The molecule has 1 spiro atoms. The van der Waals surface area contributed by atoms with Crippen LogP contribution in [0.25, 0.3) is 0 Å². The van der Waals surface area contributed by atoms with Gasteiger partial charge in [-0.25, -0.2) is 0 Å². The maximum Gasteiger partial charge on any atom is 0.188 e. The number of hydrogen-bond donors (Lipinski definition) is 0. The van der Waals surface area contributed by atoms with Crippen molar-refractivity contribution < 1.29 is 19.1 Å². The summed E-state index contributed by atoms with van der Waals surface area (Å²) in [6.45, 7) is 0. The second kappa shape index (κ2) is 4.80. The fourth-order valence-electron chi connectivity index (χ4n) is 6.57. The van der Waals surface area contributed by atoms with E-state index in [2.05, 4.69) is 0 Å². The minimum atomic E-state index is -0.414. The summed E-state index contributed by atoms with van der Waals surface area (Å²) in [6.07, 6.45) is 13.3. The van der Waals surface area contributed by atoms with Gasteiger partial charge in [-0.3, -0.25) is 9.59 Å². The van der Waals surface area contributed by atoms with Gasteiger partial charge in [-0.1, -0.05) is 37.0 Å². The lowest BCUT2D eigenvalue weighted by molar-refractivity contribution is -0.136. The van der Waals surface area contributed by atoms with Gasteiger partial charge in [0.2, 0.25) is 0 Å². The molecule has 1 saturated heterocycles. The number of hydrogen-bond acceptors (Lipinski definition) is 4. The molecule has 6 atom stereocenters. The van der Waals surface area contributed by atoms with E-state index in [0.717, 1.165) is 19.3 Å². The Morgan fingerprint density at radius 1 is 0.960 bits per heavy atom. The Labute approximate surface area is 146 Å². The molecule has 4 aliphatic heterocycles. The van der Waals surface area contributed by atoms with Gasteiger partial charge in [-0.15, -0.1) is 0 Å². The van der Waals surface area contributed by atoms with Gasteiger partial charge in [0.1, 0.15) is 12.2 Å².